The van der Waals surface area contributed by atoms with Gasteiger partial charge in [0.2, 0.25) is 0 Å². The van der Waals surface area contributed by atoms with E-state index in [2.05, 4.69) is 22.1 Å². The van der Waals surface area contributed by atoms with E-state index in [1.165, 1.54) is 5.56 Å². The predicted molar refractivity (Wildman–Crippen MR) is 81.7 cm³/mol. The number of pyridine rings is 1. The SMILES string of the molecule is CCCNCc1ccncc1N(C)C1CCS(=O)(=O)C1. The Kier molecular flexibility index (Phi) is 4.99. The smallest absolute Gasteiger partial charge is 0.152 e. The normalized spacial score (nSPS) is 21.0. The van der Waals surface area contributed by atoms with E-state index in [-0.39, 0.29) is 11.8 Å². The zero-order chi connectivity index (χ0) is 14.6. The Morgan fingerprint density at radius 1 is 1.50 bits per heavy atom. The first-order valence-corrected chi connectivity index (χ1v) is 8.92. The molecule has 20 heavy (non-hydrogen) atoms. The molecule has 6 heteroatoms. The molecule has 5 nitrogen and oxygen atoms in total. The Hall–Kier alpha value is -1.14. The minimum absolute atomic E-state index is 0.0640. The average molecular weight is 297 g/mol. The predicted octanol–water partition coefficient (Wildman–Crippen LogP) is 1.20. The maximum absolute atomic E-state index is 11.6. The van der Waals surface area contributed by atoms with Crippen molar-refractivity contribution in [1.29, 1.82) is 0 Å². The lowest BCUT2D eigenvalue weighted by molar-refractivity contribution is 0.600. The number of anilines is 1. The van der Waals surface area contributed by atoms with Crippen molar-refractivity contribution < 1.29 is 8.42 Å². The third-order valence-electron chi connectivity index (χ3n) is 3.77. The lowest BCUT2D eigenvalue weighted by Gasteiger charge is -2.27. The second kappa shape index (κ2) is 6.54. The van der Waals surface area contributed by atoms with Crippen LogP contribution in [0.2, 0.25) is 0 Å². The number of nitrogens with one attached hydrogen (secondary N) is 1. The van der Waals surface area contributed by atoms with Crippen molar-refractivity contribution in [3.8, 4) is 0 Å². The van der Waals surface area contributed by atoms with Crippen LogP contribution in [-0.2, 0) is 16.4 Å². The van der Waals surface area contributed by atoms with Gasteiger partial charge in [0.05, 0.1) is 23.4 Å². The molecule has 1 unspecified atom stereocenters. The molecule has 1 fully saturated rings. The van der Waals surface area contributed by atoms with Gasteiger partial charge in [-0.1, -0.05) is 6.92 Å². The summed E-state index contributed by atoms with van der Waals surface area (Å²) in [6.45, 7) is 3.90. The van der Waals surface area contributed by atoms with Gasteiger partial charge >= 0.3 is 0 Å². The molecular weight excluding hydrogens is 274 g/mol. The summed E-state index contributed by atoms with van der Waals surface area (Å²) in [6.07, 6.45) is 5.41. The molecule has 0 amide bonds. The highest BCUT2D eigenvalue weighted by Crippen LogP contribution is 2.25. The highest BCUT2D eigenvalue weighted by molar-refractivity contribution is 7.91. The van der Waals surface area contributed by atoms with Crippen LogP contribution in [0, 0.1) is 0 Å². The Morgan fingerprint density at radius 2 is 2.30 bits per heavy atom. The summed E-state index contributed by atoms with van der Waals surface area (Å²) in [5.74, 6) is 0.548. The van der Waals surface area contributed by atoms with Gasteiger partial charge in [0.1, 0.15) is 0 Å². The second-order valence-corrected chi connectivity index (χ2v) is 7.58. The summed E-state index contributed by atoms with van der Waals surface area (Å²) < 4.78 is 23.2. The molecule has 2 heterocycles. The highest BCUT2D eigenvalue weighted by atomic mass is 32.2. The van der Waals surface area contributed by atoms with E-state index in [0.29, 0.717) is 12.2 Å². The van der Waals surface area contributed by atoms with Crippen LogP contribution in [0.4, 0.5) is 5.69 Å². The Morgan fingerprint density at radius 3 is 2.95 bits per heavy atom. The average Bonchev–Trinajstić information content (AvgIpc) is 2.79. The molecule has 0 saturated carbocycles. The van der Waals surface area contributed by atoms with Gasteiger partial charge in [-0.15, -0.1) is 0 Å². The molecule has 0 aliphatic carbocycles. The fraction of sp³-hybridized carbons (Fsp3) is 0.643. The van der Waals surface area contributed by atoms with E-state index in [9.17, 15) is 8.42 Å². The summed E-state index contributed by atoms with van der Waals surface area (Å²) in [7, 11) is -0.896. The molecule has 1 aromatic rings. The van der Waals surface area contributed by atoms with Crippen LogP contribution < -0.4 is 10.2 Å². The molecule has 0 aromatic carbocycles. The molecule has 112 valence electrons. The molecule has 1 aromatic heterocycles. The molecule has 0 spiro atoms. The molecule has 0 radical (unpaired) electrons. The molecular formula is C14H23N3O2S. The quantitative estimate of drug-likeness (QED) is 0.800. The topological polar surface area (TPSA) is 62.3 Å². The second-order valence-electron chi connectivity index (χ2n) is 5.35. The van der Waals surface area contributed by atoms with E-state index in [1.54, 1.807) is 6.20 Å². The van der Waals surface area contributed by atoms with Gasteiger partial charge in [-0.3, -0.25) is 4.98 Å². The molecule has 1 aliphatic heterocycles. The van der Waals surface area contributed by atoms with Crippen LogP contribution >= 0.6 is 0 Å². The summed E-state index contributed by atoms with van der Waals surface area (Å²) in [5.41, 5.74) is 2.19. The van der Waals surface area contributed by atoms with Crippen molar-refractivity contribution in [3.05, 3.63) is 24.0 Å². The van der Waals surface area contributed by atoms with Gasteiger partial charge in [-0.2, -0.15) is 0 Å². The zero-order valence-corrected chi connectivity index (χ0v) is 13.0. The number of sulfone groups is 1. The van der Waals surface area contributed by atoms with Crippen LogP contribution in [-0.4, -0.2) is 44.5 Å². The minimum atomic E-state index is -2.86. The standard InChI is InChI=1S/C14H23N3O2S/c1-3-6-15-9-12-4-7-16-10-14(12)17(2)13-5-8-20(18,19)11-13/h4,7,10,13,15H,3,5-6,8-9,11H2,1-2H3. The third-order valence-corrected chi connectivity index (χ3v) is 5.52. The maximum Gasteiger partial charge on any atom is 0.152 e. The van der Waals surface area contributed by atoms with Gasteiger partial charge in [0.15, 0.2) is 9.84 Å². The van der Waals surface area contributed by atoms with E-state index >= 15 is 0 Å². The minimum Gasteiger partial charge on any atom is -0.369 e. The van der Waals surface area contributed by atoms with Crippen molar-refractivity contribution in [3.63, 3.8) is 0 Å². The van der Waals surface area contributed by atoms with Gasteiger partial charge < -0.3 is 10.2 Å². The van der Waals surface area contributed by atoms with Crippen LogP contribution in [0.1, 0.15) is 25.3 Å². The number of hydrogen-bond donors (Lipinski definition) is 1. The maximum atomic E-state index is 11.6. The van der Waals surface area contributed by atoms with Crippen molar-refractivity contribution in [2.24, 2.45) is 0 Å². The molecule has 1 aliphatic rings. The molecule has 1 N–H and O–H groups in total. The molecule has 2 rings (SSSR count). The van der Waals surface area contributed by atoms with E-state index < -0.39 is 9.84 Å². The highest BCUT2D eigenvalue weighted by Gasteiger charge is 2.31. The monoisotopic (exact) mass is 297 g/mol. The van der Waals surface area contributed by atoms with Gasteiger partial charge in [0, 0.05) is 25.8 Å². The number of hydrogen-bond acceptors (Lipinski definition) is 5. The van der Waals surface area contributed by atoms with Crippen LogP contribution in [0.5, 0.6) is 0 Å². The van der Waals surface area contributed by atoms with E-state index in [4.69, 9.17) is 0 Å². The first-order chi connectivity index (χ1) is 9.53. The summed E-state index contributed by atoms with van der Waals surface area (Å²) in [5, 5.41) is 3.38. The van der Waals surface area contributed by atoms with Gasteiger partial charge in [-0.25, -0.2) is 8.42 Å². The van der Waals surface area contributed by atoms with Crippen LogP contribution in [0.15, 0.2) is 18.5 Å². The van der Waals surface area contributed by atoms with Crippen molar-refractivity contribution in [2.45, 2.75) is 32.4 Å². The summed E-state index contributed by atoms with van der Waals surface area (Å²) in [4.78, 5) is 6.25. The lowest BCUT2D eigenvalue weighted by Crippen LogP contribution is -2.33. The van der Waals surface area contributed by atoms with Gasteiger partial charge in [-0.05, 0) is 31.0 Å². The van der Waals surface area contributed by atoms with Crippen LogP contribution in [0.3, 0.4) is 0 Å². The van der Waals surface area contributed by atoms with Crippen LogP contribution in [0.25, 0.3) is 0 Å². The Balaban J connectivity index is 2.11. The van der Waals surface area contributed by atoms with Crippen molar-refractivity contribution in [1.82, 2.24) is 10.3 Å². The number of aromatic nitrogens is 1. The number of rotatable bonds is 6. The Labute approximate surface area is 121 Å². The third kappa shape index (κ3) is 3.70. The van der Waals surface area contributed by atoms with E-state index in [0.717, 1.165) is 25.2 Å². The lowest BCUT2D eigenvalue weighted by atomic mass is 10.1. The largest absolute Gasteiger partial charge is 0.369 e. The fourth-order valence-electron chi connectivity index (χ4n) is 2.56. The van der Waals surface area contributed by atoms with Crippen molar-refractivity contribution in [2.75, 3.05) is 30.0 Å². The van der Waals surface area contributed by atoms with Crippen molar-refractivity contribution >= 4 is 15.5 Å². The fourth-order valence-corrected chi connectivity index (χ4v) is 4.33. The van der Waals surface area contributed by atoms with Gasteiger partial charge in [0.25, 0.3) is 0 Å². The Bertz CT molecular complexity index is 545. The first-order valence-electron chi connectivity index (χ1n) is 7.10. The molecule has 1 saturated heterocycles. The first kappa shape index (κ1) is 15.3. The molecule has 1 atom stereocenters. The summed E-state index contributed by atoms with van der Waals surface area (Å²) in [6, 6.07) is 2.06. The number of nitrogens with zero attached hydrogens (tertiary/aromatic N) is 2. The summed E-state index contributed by atoms with van der Waals surface area (Å²) >= 11 is 0. The zero-order valence-electron chi connectivity index (χ0n) is 12.2. The molecule has 0 bridgehead atoms. The van der Waals surface area contributed by atoms with E-state index in [1.807, 2.05) is 19.3 Å².